The average molecular weight is 199 g/mol. The lowest BCUT2D eigenvalue weighted by molar-refractivity contribution is -0.304. The fourth-order valence-corrected chi connectivity index (χ4v) is 2.39. The molecule has 5 nitrogen and oxygen atoms in total. The maximum atomic E-state index is 11.3. The van der Waals surface area contributed by atoms with Crippen molar-refractivity contribution in [3.63, 3.8) is 0 Å². The average Bonchev–Trinajstić information content (AvgIpc) is 2.51. The zero-order valence-corrected chi connectivity index (χ0v) is 7.54. The number of hydrogen-bond acceptors (Lipinski definition) is 5. The third kappa shape index (κ3) is 1.41. The van der Waals surface area contributed by atoms with Crippen LogP contribution in [0.3, 0.4) is 0 Å². The van der Waals surface area contributed by atoms with E-state index in [-0.39, 0.29) is 12.3 Å². The van der Waals surface area contributed by atoms with Crippen LogP contribution in [0.5, 0.6) is 0 Å². The molecule has 2 rings (SSSR count). The second-order valence-corrected chi connectivity index (χ2v) is 4.01. The standard InChI is InChI=1S/C7H8N2O3S/c10-5-3-4(6(11)12)13-7-8-1-2-9(5)7/h4H,1-3H2,(H,11,12)/p-1/t4-/m1/s1. The van der Waals surface area contributed by atoms with E-state index in [0.717, 1.165) is 11.8 Å². The van der Waals surface area contributed by atoms with E-state index in [9.17, 15) is 14.7 Å². The number of amidine groups is 1. The lowest BCUT2D eigenvalue weighted by Gasteiger charge is -2.28. The number of aliphatic imine (C=N–C) groups is 1. The Morgan fingerprint density at radius 3 is 3.15 bits per heavy atom. The van der Waals surface area contributed by atoms with E-state index in [0.29, 0.717) is 18.3 Å². The van der Waals surface area contributed by atoms with Gasteiger partial charge in [0.2, 0.25) is 5.91 Å². The van der Waals surface area contributed by atoms with Crippen molar-refractivity contribution in [2.45, 2.75) is 11.7 Å². The second-order valence-electron chi connectivity index (χ2n) is 2.84. The summed E-state index contributed by atoms with van der Waals surface area (Å²) in [4.78, 5) is 27.4. The molecule has 0 aromatic carbocycles. The third-order valence-electron chi connectivity index (χ3n) is 1.97. The van der Waals surface area contributed by atoms with Crippen molar-refractivity contribution in [1.82, 2.24) is 4.90 Å². The number of rotatable bonds is 1. The Morgan fingerprint density at radius 2 is 2.46 bits per heavy atom. The van der Waals surface area contributed by atoms with Crippen molar-refractivity contribution in [2.24, 2.45) is 4.99 Å². The molecule has 0 aromatic heterocycles. The Kier molecular flexibility index (Phi) is 1.99. The Hall–Kier alpha value is -1.04. The number of thioether (sulfide) groups is 1. The number of aliphatic carboxylic acids is 1. The summed E-state index contributed by atoms with van der Waals surface area (Å²) in [7, 11) is 0. The van der Waals surface area contributed by atoms with Crippen LogP contribution in [0.25, 0.3) is 0 Å². The molecule has 0 aliphatic carbocycles. The van der Waals surface area contributed by atoms with Crippen LogP contribution in [0, 0.1) is 0 Å². The lowest BCUT2D eigenvalue weighted by Crippen LogP contribution is -2.45. The summed E-state index contributed by atoms with van der Waals surface area (Å²) in [6.45, 7) is 1.16. The highest BCUT2D eigenvalue weighted by Crippen LogP contribution is 2.27. The van der Waals surface area contributed by atoms with Crippen LogP contribution < -0.4 is 5.11 Å². The maximum Gasteiger partial charge on any atom is 0.230 e. The van der Waals surface area contributed by atoms with Gasteiger partial charge in [-0.1, -0.05) is 11.8 Å². The second kappa shape index (κ2) is 3.02. The highest BCUT2D eigenvalue weighted by atomic mass is 32.2. The van der Waals surface area contributed by atoms with Gasteiger partial charge < -0.3 is 9.90 Å². The molecule has 2 heterocycles. The molecule has 2 aliphatic heterocycles. The Balaban J connectivity index is 2.17. The molecule has 0 spiro atoms. The number of amides is 1. The summed E-state index contributed by atoms with van der Waals surface area (Å²) in [6, 6.07) is 0. The van der Waals surface area contributed by atoms with Crippen LogP contribution in [-0.4, -0.2) is 40.3 Å². The summed E-state index contributed by atoms with van der Waals surface area (Å²) >= 11 is 1.11. The van der Waals surface area contributed by atoms with Gasteiger partial charge in [0.25, 0.3) is 0 Å². The lowest BCUT2D eigenvalue weighted by atomic mass is 10.2. The van der Waals surface area contributed by atoms with Crippen molar-refractivity contribution in [3.8, 4) is 0 Å². The normalized spacial score (nSPS) is 27.1. The minimum Gasteiger partial charge on any atom is -0.549 e. The molecule has 1 atom stereocenters. The number of carboxylic acids is 1. The first kappa shape index (κ1) is 8.55. The van der Waals surface area contributed by atoms with Crippen LogP contribution in [0.15, 0.2) is 4.99 Å². The predicted molar refractivity (Wildman–Crippen MR) is 45.0 cm³/mol. The molecule has 0 bridgehead atoms. The largest absolute Gasteiger partial charge is 0.549 e. The molecule has 0 saturated carbocycles. The predicted octanol–water partition coefficient (Wildman–Crippen LogP) is -1.56. The van der Waals surface area contributed by atoms with Gasteiger partial charge >= 0.3 is 0 Å². The topological polar surface area (TPSA) is 72.8 Å². The number of hydrogen-bond donors (Lipinski definition) is 0. The minimum atomic E-state index is -1.19. The van der Waals surface area contributed by atoms with Crippen LogP contribution in [0.1, 0.15) is 6.42 Å². The molecule has 70 valence electrons. The van der Waals surface area contributed by atoms with E-state index in [1.165, 1.54) is 4.90 Å². The summed E-state index contributed by atoms with van der Waals surface area (Å²) in [5, 5.41) is 10.3. The van der Waals surface area contributed by atoms with Crippen molar-refractivity contribution in [2.75, 3.05) is 13.1 Å². The molecule has 1 fully saturated rings. The molecular weight excluding hydrogens is 192 g/mol. The summed E-state index contributed by atoms with van der Waals surface area (Å²) in [5.74, 6) is -1.35. The van der Waals surface area contributed by atoms with Gasteiger partial charge in [0.1, 0.15) is 0 Å². The van der Waals surface area contributed by atoms with Crippen molar-refractivity contribution < 1.29 is 14.7 Å². The Labute approximate surface area is 78.8 Å². The van der Waals surface area contributed by atoms with Gasteiger partial charge in [0.05, 0.1) is 17.8 Å². The van der Waals surface area contributed by atoms with E-state index in [4.69, 9.17) is 0 Å². The molecule has 1 amide bonds. The van der Waals surface area contributed by atoms with Crippen molar-refractivity contribution >= 4 is 28.8 Å². The molecule has 6 heteroatoms. The first-order chi connectivity index (χ1) is 6.18. The smallest absolute Gasteiger partial charge is 0.230 e. The van der Waals surface area contributed by atoms with E-state index < -0.39 is 11.2 Å². The maximum absolute atomic E-state index is 11.3. The van der Waals surface area contributed by atoms with Gasteiger partial charge in [-0.3, -0.25) is 14.7 Å². The summed E-state index contributed by atoms with van der Waals surface area (Å²) in [5.41, 5.74) is 0. The fraction of sp³-hybridized carbons (Fsp3) is 0.571. The van der Waals surface area contributed by atoms with Gasteiger partial charge in [-0.05, 0) is 0 Å². The molecule has 13 heavy (non-hydrogen) atoms. The monoisotopic (exact) mass is 199 g/mol. The van der Waals surface area contributed by atoms with Crippen molar-refractivity contribution in [3.05, 3.63) is 0 Å². The molecule has 0 aromatic rings. The van der Waals surface area contributed by atoms with Gasteiger partial charge in [0.15, 0.2) is 5.17 Å². The molecular formula is C7H7N2O3S-. The summed E-state index contributed by atoms with van der Waals surface area (Å²) < 4.78 is 0. The molecule has 1 saturated heterocycles. The zero-order valence-electron chi connectivity index (χ0n) is 6.73. The SMILES string of the molecule is O=C([O-])[C@H]1CC(=O)N2CCN=C2S1. The number of carbonyl (C=O) groups excluding carboxylic acids is 2. The quantitative estimate of drug-likeness (QED) is 0.512. The molecule has 0 N–H and O–H groups in total. The number of carbonyl (C=O) groups is 2. The van der Waals surface area contributed by atoms with Crippen LogP contribution >= 0.6 is 11.8 Å². The fourth-order valence-electron chi connectivity index (χ4n) is 1.33. The highest BCUT2D eigenvalue weighted by molar-refractivity contribution is 8.15. The van der Waals surface area contributed by atoms with E-state index in [1.54, 1.807) is 0 Å². The summed E-state index contributed by atoms with van der Waals surface area (Å²) in [6.07, 6.45) is 0.0199. The van der Waals surface area contributed by atoms with Gasteiger partial charge in [0, 0.05) is 13.0 Å². The number of nitrogens with zero attached hydrogens (tertiary/aromatic N) is 2. The molecule has 0 unspecified atom stereocenters. The van der Waals surface area contributed by atoms with E-state index in [1.807, 2.05) is 0 Å². The number of fused-ring (bicyclic) bond motifs is 1. The van der Waals surface area contributed by atoms with E-state index >= 15 is 0 Å². The number of carboxylic acid groups (broad SMARTS) is 1. The van der Waals surface area contributed by atoms with E-state index in [2.05, 4.69) is 4.99 Å². The van der Waals surface area contributed by atoms with Crippen molar-refractivity contribution in [1.29, 1.82) is 0 Å². The van der Waals surface area contributed by atoms with Crippen LogP contribution in [0.2, 0.25) is 0 Å². The van der Waals surface area contributed by atoms with Gasteiger partial charge in [-0.2, -0.15) is 0 Å². The Morgan fingerprint density at radius 1 is 1.69 bits per heavy atom. The van der Waals surface area contributed by atoms with Gasteiger partial charge in [-0.15, -0.1) is 0 Å². The highest BCUT2D eigenvalue weighted by Gasteiger charge is 2.34. The Bertz CT molecular complexity index is 302. The first-order valence-corrected chi connectivity index (χ1v) is 4.79. The van der Waals surface area contributed by atoms with Crippen LogP contribution in [0.4, 0.5) is 0 Å². The third-order valence-corrected chi connectivity index (χ3v) is 3.18. The zero-order chi connectivity index (χ0) is 9.42. The van der Waals surface area contributed by atoms with Gasteiger partial charge in [-0.25, -0.2) is 0 Å². The minimum absolute atomic E-state index is 0.0199. The molecule has 0 radical (unpaired) electrons. The molecule has 2 aliphatic rings. The first-order valence-electron chi connectivity index (χ1n) is 3.91. The van der Waals surface area contributed by atoms with Crippen LogP contribution in [-0.2, 0) is 9.59 Å².